The molecule has 1 unspecified atom stereocenters. The van der Waals surface area contributed by atoms with Gasteiger partial charge in [-0.25, -0.2) is 0 Å². The number of halogens is 1. The van der Waals surface area contributed by atoms with Crippen LogP contribution in [-0.2, 0) is 11.2 Å². The third kappa shape index (κ3) is 2.76. The van der Waals surface area contributed by atoms with Crippen molar-refractivity contribution in [3.8, 4) is 0 Å². The summed E-state index contributed by atoms with van der Waals surface area (Å²) in [6.07, 6.45) is 0.855. The second kappa shape index (κ2) is 4.02. The molecular weight excluding hydrogens is 222 g/mol. The highest BCUT2D eigenvalue weighted by molar-refractivity contribution is 6.30. The van der Waals surface area contributed by atoms with Crippen molar-refractivity contribution in [2.75, 3.05) is 6.54 Å². The maximum Gasteiger partial charge on any atom is 0.121 e. The zero-order chi connectivity index (χ0) is 11.8. The Hall–Kier alpha value is -0.570. The molecule has 0 aromatic heterocycles. The van der Waals surface area contributed by atoms with Crippen molar-refractivity contribution in [3.05, 3.63) is 34.9 Å². The highest BCUT2D eigenvalue weighted by Crippen LogP contribution is 2.28. The molecule has 1 atom stereocenters. The smallest absolute Gasteiger partial charge is 0.121 e. The molecule has 1 aromatic rings. The Kier molecular flexibility index (Phi) is 2.99. The van der Waals surface area contributed by atoms with Gasteiger partial charge in [0.2, 0.25) is 0 Å². The number of hydrogen-bond acceptors (Lipinski definition) is 2. The first-order chi connectivity index (χ1) is 7.39. The summed E-state index contributed by atoms with van der Waals surface area (Å²) in [6.45, 7) is 7.19. The minimum atomic E-state index is -0.267. The molecule has 1 saturated heterocycles. The van der Waals surface area contributed by atoms with Gasteiger partial charge in [-0.15, -0.1) is 0 Å². The van der Waals surface area contributed by atoms with Gasteiger partial charge in [-0.05, 0) is 38.5 Å². The molecule has 16 heavy (non-hydrogen) atoms. The highest BCUT2D eigenvalue weighted by Gasteiger charge is 2.40. The van der Waals surface area contributed by atoms with Gasteiger partial charge in [0.25, 0.3) is 0 Å². The maximum atomic E-state index is 6.03. The summed E-state index contributed by atoms with van der Waals surface area (Å²) in [4.78, 5) is 0. The zero-order valence-corrected chi connectivity index (χ0v) is 10.8. The average molecular weight is 240 g/mol. The summed E-state index contributed by atoms with van der Waals surface area (Å²) in [6, 6.07) is 7.93. The molecule has 1 heterocycles. The Morgan fingerprint density at radius 3 is 2.38 bits per heavy atom. The van der Waals surface area contributed by atoms with E-state index in [-0.39, 0.29) is 11.3 Å². The number of rotatable bonds is 2. The molecule has 0 radical (unpaired) electrons. The molecule has 88 valence electrons. The van der Waals surface area contributed by atoms with Crippen LogP contribution in [0.3, 0.4) is 0 Å². The van der Waals surface area contributed by atoms with E-state index in [9.17, 15) is 0 Å². The Bertz CT molecular complexity index is 374. The minimum Gasteiger partial charge on any atom is -0.353 e. The van der Waals surface area contributed by atoms with E-state index in [1.807, 2.05) is 24.3 Å². The van der Waals surface area contributed by atoms with Crippen molar-refractivity contribution >= 4 is 11.6 Å². The SMILES string of the molecule is CC1(C)CNC(C)(Cc2ccc(Cl)cc2)O1. The number of ether oxygens (including phenoxy) is 1. The molecule has 2 rings (SSSR count). The predicted octanol–water partition coefficient (Wildman–Crippen LogP) is 3.00. The van der Waals surface area contributed by atoms with Gasteiger partial charge in [-0.2, -0.15) is 0 Å². The second-order valence-electron chi connectivity index (χ2n) is 5.25. The Morgan fingerprint density at radius 2 is 1.88 bits per heavy atom. The van der Waals surface area contributed by atoms with Crippen molar-refractivity contribution < 1.29 is 4.74 Å². The zero-order valence-electron chi connectivity index (χ0n) is 10.0. The first-order valence-corrected chi connectivity index (χ1v) is 5.96. The fourth-order valence-corrected chi connectivity index (χ4v) is 2.30. The monoisotopic (exact) mass is 239 g/mol. The summed E-state index contributed by atoms with van der Waals surface area (Å²) in [7, 11) is 0. The average Bonchev–Trinajstić information content (AvgIpc) is 2.45. The van der Waals surface area contributed by atoms with Crippen LogP contribution in [0.1, 0.15) is 26.3 Å². The molecule has 2 nitrogen and oxygen atoms in total. The van der Waals surface area contributed by atoms with E-state index in [2.05, 4.69) is 26.1 Å². The Morgan fingerprint density at radius 1 is 1.25 bits per heavy atom. The number of benzene rings is 1. The van der Waals surface area contributed by atoms with Gasteiger partial charge in [-0.3, -0.25) is 5.32 Å². The summed E-state index contributed by atoms with van der Waals surface area (Å²) < 4.78 is 6.03. The lowest BCUT2D eigenvalue weighted by Crippen LogP contribution is -2.40. The molecule has 1 aromatic carbocycles. The van der Waals surface area contributed by atoms with Crippen molar-refractivity contribution in [2.24, 2.45) is 0 Å². The van der Waals surface area contributed by atoms with Crippen molar-refractivity contribution in [1.82, 2.24) is 5.32 Å². The van der Waals surface area contributed by atoms with E-state index in [0.717, 1.165) is 18.0 Å². The van der Waals surface area contributed by atoms with Crippen LogP contribution in [-0.4, -0.2) is 17.9 Å². The molecule has 0 saturated carbocycles. The molecular formula is C13H18ClNO. The minimum absolute atomic E-state index is 0.0822. The van der Waals surface area contributed by atoms with Crippen LogP contribution in [0.2, 0.25) is 5.02 Å². The lowest BCUT2D eigenvalue weighted by Gasteiger charge is -2.27. The molecule has 3 heteroatoms. The molecule has 1 N–H and O–H groups in total. The first kappa shape index (κ1) is 11.9. The Balaban J connectivity index is 2.07. The van der Waals surface area contributed by atoms with E-state index in [1.165, 1.54) is 5.56 Å². The summed E-state index contributed by atoms with van der Waals surface area (Å²) in [5, 5.41) is 4.20. The fraction of sp³-hybridized carbons (Fsp3) is 0.538. The van der Waals surface area contributed by atoms with Crippen molar-refractivity contribution in [3.63, 3.8) is 0 Å². The van der Waals surface area contributed by atoms with Crippen LogP contribution >= 0.6 is 11.6 Å². The summed E-state index contributed by atoms with van der Waals surface area (Å²) in [5.74, 6) is 0. The Labute approximate surface area is 102 Å². The van der Waals surface area contributed by atoms with Gasteiger partial charge >= 0.3 is 0 Å². The van der Waals surface area contributed by atoms with Crippen molar-refractivity contribution in [2.45, 2.75) is 38.5 Å². The third-order valence-corrected chi connectivity index (χ3v) is 3.10. The molecule has 0 bridgehead atoms. The molecule has 0 amide bonds. The van der Waals surface area contributed by atoms with Gasteiger partial charge < -0.3 is 4.74 Å². The second-order valence-corrected chi connectivity index (χ2v) is 5.69. The van der Waals surface area contributed by atoms with E-state index in [1.54, 1.807) is 0 Å². The van der Waals surface area contributed by atoms with Crippen LogP contribution in [0.15, 0.2) is 24.3 Å². The van der Waals surface area contributed by atoms with Gasteiger partial charge in [-0.1, -0.05) is 23.7 Å². The van der Waals surface area contributed by atoms with Crippen LogP contribution in [0.4, 0.5) is 0 Å². The molecule has 1 aliphatic rings. The van der Waals surface area contributed by atoms with Gasteiger partial charge in [0.1, 0.15) is 5.72 Å². The topological polar surface area (TPSA) is 21.3 Å². The largest absolute Gasteiger partial charge is 0.353 e. The highest BCUT2D eigenvalue weighted by atomic mass is 35.5. The van der Waals surface area contributed by atoms with Crippen molar-refractivity contribution in [1.29, 1.82) is 0 Å². The molecule has 0 aliphatic carbocycles. The lowest BCUT2D eigenvalue weighted by molar-refractivity contribution is -0.0785. The van der Waals surface area contributed by atoms with Crippen LogP contribution in [0.25, 0.3) is 0 Å². The summed E-state index contributed by atoms with van der Waals surface area (Å²) >= 11 is 5.86. The van der Waals surface area contributed by atoms with E-state index in [0.29, 0.717) is 0 Å². The fourth-order valence-electron chi connectivity index (χ4n) is 2.17. The summed E-state index contributed by atoms with van der Waals surface area (Å²) in [5.41, 5.74) is 0.885. The molecule has 1 aliphatic heterocycles. The van der Waals surface area contributed by atoms with Gasteiger partial charge in [0.05, 0.1) is 5.60 Å². The predicted molar refractivity (Wildman–Crippen MR) is 66.7 cm³/mol. The van der Waals surface area contributed by atoms with Crippen LogP contribution in [0.5, 0.6) is 0 Å². The van der Waals surface area contributed by atoms with E-state index < -0.39 is 0 Å². The van der Waals surface area contributed by atoms with E-state index in [4.69, 9.17) is 16.3 Å². The number of nitrogens with one attached hydrogen (secondary N) is 1. The van der Waals surface area contributed by atoms with Gasteiger partial charge in [0.15, 0.2) is 0 Å². The van der Waals surface area contributed by atoms with Gasteiger partial charge in [0, 0.05) is 18.0 Å². The molecule has 1 fully saturated rings. The first-order valence-electron chi connectivity index (χ1n) is 5.58. The van der Waals surface area contributed by atoms with Crippen LogP contribution < -0.4 is 5.32 Å². The normalized spacial score (nSPS) is 28.2. The van der Waals surface area contributed by atoms with E-state index >= 15 is 0 Å². The lowest BCUT2D eigenvalue weighted by atomic mass is 10.0. The molecule has 0 spiro atoms. The maximum absolute atomic E-state index is 6.03. The van der Waals surface area contributed by atoms with Crippen LogP contribution in [0, 0.1) is 0 Å². The quantitative estimate of drug-likeness (QED) is 0.857. The third-order valence-electron chi connectivity index (χ3n) is 2.84. The number of hydrogen-bond donors (Lipinski definition) is 1. The standard InChI is InChI=1S/C13H18ClNO/c1-12(2)9-15-13(3,16-12)8-10-4-6-11(14)7-5-10/h4-7,15H,8-9H2,1-3H3.